The zero-order chi connectivity index (χ0) is 64.9. The summed E-state index contributed by atoms with van der Waals surface area (Å²) in [5.74, 6) is 10.0. The zero-order valence-corrected chi connectivity index (χ0v) is 64.1. The molecule has 5 heteroatoms. The molecule has 12 atom stereocenters. The normalized spacial score (nSPS) is 24.7. The van der Waals surface area contributed by atoms with Gasteiger partial charge in [0.25, 0.3) is 0 Å². The molecule has 0 amide bonds. The Balaban J connectivity index is 0.000000159. The molecule has 0 saturated heterocycles. The van der Waals surface area contributed by atoms with E-state index >= 15 is 0 Å². The molecule has 0 radical (unpaired) electrons. The van der Waals surface area contributed by atoms with Crippen molar-refractivity contribution in [1.29, 1.82) is 0 Å². The van der Waals surface area contributed by atoms with E-state index in [1.165, 1.54) is 77.0 Å². The third kappa shape index (κ3) is 21.1. The van der Waals surface area contributed by atoms with E-state index in [-0.39, 0.29) is 52.1 Å². The maximum absolute atomic E-state index is 2.45. The summed E-state index contributed by atoms with van der Waals surface area (Å²) in [5.41, 5.74) is 3.27. The Morgan fingerprint density at radius 2 is 0.344 bits per heavy atom. The molecule has 4 aliphatic rings. The van der Waals surface area contributed by atoms with Crippen molar-refractivity contribution in [2.45, 2.75) is 183 Å². The summed E-state index contributed by atoms with van der Waals surface area (Å²) < 4.78 is 0. The topological polar surface area (TPSA) is 0 Å². The van der Waals surface area contributed by atoms with Crippen LogP contribution in [0.5, 0.6) is 0 Å². The summed E-state index contributed by atoms with van der Waals surface area (Å²) in [6.07, 6.45) is 16.8. The summed E-state index contributed by atoms with van der Waals surface area (Å²) >= 11 is 0. The fraction of sp³-hybridized carbons (Fsp3) is 0.455. The Kier molecular flexibility index (Phi) is 30.9. The van der Waals surface area contributed by atoms with Gasteiger partial charge in [-0.3, -0.25) is 0 Å². The SMILES string of the molecule is CC1CCC(C(C)C)C(P(c2ccccc2)c2ccccc2)C1.CC1CCC(C(C)C)C(P(c2ccccc2)c2ccccc2)C1.CC1CCC(C(C)C)C(P(c2ccccc2)c2ccccc2)C1.CC1CCC(C(C)C)C(P(c2ccccc2)c2ccccc2)C1.[Pd]. The van der Waals surface area contributed by atoms with Crippen molar-refractivity contribution in [3.05, 3.63) is 243 Å². The molecule has 12 rings (SSSR count). The van der Waals surface area contributed by atoms with Gasteiger partial charge in [-0.05, 0) is 219 Å². The van der Waals surface area contributed by atoms with Gasteiger partial charge < -0.3 is 0 Å². The van der Waals surface area contributed by atoms with E-state index in [4.69, 9.17) is 0 Å². The van der Waals surface area contributed by atoms with Crippen LogP contribution in [0.4, 0.5) is 0 Å². The van der Waals surface area contributed by atoms with Crippen LogP contribution in [-0.2, 0) is 20.4 Å². The molecule has 0 N–H and O–H groups in total. The molecular formula is C88H116P4Pd. The number of benzene rings is 8. The van der Waals surface area contributed by atoms with Crippen LogP contribution in [0.15, 0.2) is 243 Å². The standard InChI is InChI=1S/4C22H29P.Pd/c4*1-17(2)21-15-14-18(3)16-22(21)23(19-10-6-4-7-11-19)20-12-8-5-9-13-20;/h4*4-13,17-18,21-22H,14-16H2,1-3H3;. The van der Waals surface area contributed by atoms with Crippen molar-refractivity contribution < 1.29 is 20.4 Å². The van der Waals surface area contributed by atoms with E-state index in [9.17, 15) is 0 Å². The molecule has 4 fully saturated rings. The third-order valence-electron chi connectivity index (χ3n) is 21.6. The van der Waals surface area contributed by atoms with Gasteiger partial charge in [-0.2, -0.15) is 0 Å². The summed E-state index contributed by atoms with van der Waals surface area (Å²) in [6, 6.07) is 90.3. The van der Waals surface area contributed by atoms with Crippen LogP contribution in [0.3, 0.4) is 0 Å². The molecule has 0 nitrogen and oxygen atoms in total. The van der Waals surface area contributed by atoms with Crippen LogP contribution in [0, 0.1) is 71.0 Å². The molecular weight excluding hydrogens is 1290 g/mol. The molecule has 0 aliphatic heterocycles. The number of hydrogen-bond donors (Lipinski definition) is 0. The summed E-state index contributed by atoms with van der Waals surface area (Å²) in [4.78, 5) is 0. The first-order valence-corrected chi connectivity index (χ1v) is 41.9. The molecule has 8 aromatic rings. The first kappa shape index (κ1) is 74.9. The predicted octanol–water partition coefficient (Wildman–Crippen LogP) is 22.3. The van der Waals surface area contributed by atoms with E-state index < -0.39 is 0 Å². The van der Waals surface area contributed by atoms with E-state index in [0.717, 1.165) is 93.7 Å². The van der Waals surface area contributed by atoms with Crippen molar-refractivity contribution in [3.63, 3.8) is 0 Å². The van der Waals surface area contributed by atoms with Crippen LogP contribution in [0.2, 0.25) is 0 Å². The second kappa shape index (κ2) is 38.3. The fourth-order valence-corrected chi connectivity index (χ4v) is 30.6. The molecule has 0 spiro atoms. The van der Waals surface area contributed by atoms with Gasteiger partial charge in [-0.15, -0.1) is 0 Å². The van der Waals surface area contributed by atoms with Gasteiger partial charge in [-0.25, -0.2) is 0 Å². The van der Waals surface area contributed by atoms with Crippen LogP contribution in [-0.4, -0.2) is 22.6 Å². The quantitative estimate of drug-likeness (QED) is 0.0668. The average molecular weight is 1400 g/mol. The largest absolute Gasteiger partial charge is 0.0625 e. The van der Waals surface area contributed by atoms with Gasteiger partial charge in [0.2, 0.25) is 0 Å². The Hall–Kier alpha value is -3.86. The number of rotatable bonds is 16. The van der Waals surface area contributed by atoms with Gasteiger partial charge in [0.1, 0.15) is 0 Å². The van der Waals surface area contributed by atoms with Crippen LogP contribution in [0.1, 0.15) is 160 Å². The summed E-state index contributed by atoms with van der Waals surface area (Å²) in [6.45, 7) is 29.2. The molecule has 12 unspecified atom stereocenters. The second-order valence-corrected chi connectivity index (χ2v) is 39.5. The molecule has 498 valence electrons. The first-order valence-electron chi connectivity index (χ1n) is 36.2. The van der Waals surface area contributed by atoms with E-state index in [1.54, 1.807) is 42.4 Å². The maximum atomic E-state index is 2.45. The average Bonchev–Trinajstić information content (AvgIpc) is 0.922. The summed E-state index contributed by atoms with van der Waals surface area (Å²) in [7, 11) is -1.07. The first-order chi connectivity index (χ1) is 44.7. The van der Waals surface area contributed by atoms with E-state index in [0.29, 0.717) is 0 Å². The van der Waals surface area contributed by atoms with E-state index in [2.05, 4.69) is 326 Å². The Morgan fingerprint density at radius 1 is 0.215 bits per heavy atom. The second-order valence-electron chi connectivity index (χ2n) is 29.7. The Morgan fingerprint density at radius 3 is 0.462 bits per heavy atom. The molecule has 8 aromatic carbocycles. The molecule has 0 heterocycles. The molecule has 0 bridgehead atoms. The van der Waals surface area contributed by atoms with Crippen molar-refractivity contribution in [3.8, 4) is 0 Å². The molecule has 4 saturated carbocycles. The predicted molar refractivity (Wildman–Crippen MR) is 417 cm³/mol. The van der Waals surface area contributed by atoms with Crippen LogP contribution >= 0.6 is 31.7 Å². The zero-order valence-electron chi connectivity index (χ0n) is 58.9. The van der Waals surface area contributed by atoms with E-state index in [1.807, 2.05) is 0 Å². The smallest absolute Gasteiger partial charge is 0 e. The van der Waals surface area contributed by atoms with Crippen LogP contribution < -0.4 is 42.4 Å². The molecule has 93 heavy (non-hydrogen) atoms. The van der Waals surface area contributed by atoms with Gasteiger partial charge in [0.05, 0.1) is 0 Å². The Labute approximate surface area is 586 Å². The van der Waals surface area contributed by atoms with Gasteiger partial charge in [0, 0.05) is 20.4 Å². The monoisotopic (exact) mass is 1400 g/mol. The minimum absolute atomic E-state index is 0. The summed E-state index contributed by atoms with van der Waals surface area (Å²) in [5, 5.41) is 12.4. The van der Waals surface area contributed by atoms with Crippen molar-refractivity contribution in [2.24, 2.45) is 71.0 Å². The molecule has 4 aliphatic carbocycles. The molecule has 0 aromatic heterocycles. The minimum atomic E-state index is -0.267. The fourth-order valence-electron chi connectivity index (χ4n) is 16.6. The van der Waals surface area contributed by atoms with Gasteiger partial charge >= 0.3 is 0 Å². The van der Waals surface area contributed by atoms with Gasteiger partial charge in [-0.1, -0.05) is 351 Å². The van der Waals surface area contributed by atoms with Crippen molar-refractivity contribution in [1.82, 2.24) is 0 Å². The Bertz CT molecular complexity index is 2650. The number of hydrogen-bond acceptors (Lipinski definition) is 0. The van der Waals surface area contributed by atoms with Crippen molar-refractivity contribution >= 4 is 74.1 Å². The van der Waals surface area contributed by atoms with Crippen LogP contribution in [0.25, 0.3) is 0 Å². The minimum Gasteiger partial charge on any atom is -0.0625 e. The van der Waals surface area contributed by atoms with Gasteiger partial charge in [0.15, 0.2) is 0 Å². The third-order valence-corrected chi connectivity index (χ3v) is 33.4. The maximum Gasteiger partial charge on any atom is 0 e. The van der Waals surface area contributed by atoms with Crippen molar-refractivity contribution in [2.75, 3.05) is 0 Å².